The predicted molar refractivity (Wildman–Crippen MR) is 75.8 cm³/mol. The second kappa shape index (κ2) is 4.97. The Kier molecular flexibility index (Phi) is 3.18. The van der Waals surface area contributed by atoms with Crippen LogP contribution in [0.2, 0.25) is 0 Å². The lowest BCUT2D eigenvalue weighted by Crippen LogP contribution is -2.34. The molecule has 2 atom stereocenters. The molecule has 2 heteroatoms. The van der Waals surface area contributed by atoms with Crippen LogP contribution in [0.15, 0.2) is 47.1 Å². The number of fused-ring (bicyclic) bond motifs is 1. The summed E-state index contributed by atoms with van der Waals surface area (Å²) >= 11 is 0. The molecule has 0 aromatic heterocycles. The summed E-state index contributed by atoms with van der Waals surface area (Å²) in [5.74, 6) is 0.555. The Labute approximate surface area is 109 Å². The van der Waals surface area contributed by atoms with Crippen molar-refractivity contribution in [3.8, 4) is 0 Å². The van der Waals surface area contributed by atoms with Crippen LogP contribution in [0.5, 0.6) is 0 Å². The van der Waals surface area contributed by atoms with Crippen LogP contribution in [0, 0.1) is 0 Å². The molecule has 18 heavy (non-hydrogen) atoms. The molecule has 0 fully saturated rings. The van der Waals surface area contributed by atoms with Crippen LogP contribution in [0.1, 0.15) is 37.7 Å². The van der Waals surface area contributed by atoms with Crippen LogP contribution in [0.25, 0.3) is 0 Å². The van der Waals surface area contributed by atoms with Crippen molar-refractivity contribution >= 4 is 6.34 Å². The lowest BCUT2D eigenvalue weighted by atomic mass is 9.96. The van der Waals surface area contributed by atoms with E-state index in [4.69, 9.17) is 0 Å². The molecule has 0 radical (unpaired) electrons. The van der Waals surface area contributed by atoms with E-state index in [0.29, 0.717) is 12.0 Å². The lowest BCUT2D eigenvalue weighted by Gasteiger charge is -2.29. The fourth-order valence-corrected chi connectivity index (χ4v) is 2.92. The highest BCUT2D eigenvalue weighted by molar-refractivity contribution is 5.63. The van der Waals surface area contributed by atoms with Crippen LogP contribution in [-0.2, 0) is 0 Å². The van der Waals surface area contributed by atoms with E-state index in [2.05, 4.69) is 53.2 Å². The van der Waals surface area contributed by atoms with Gasteiger partial charge in [0.05, 0.1) is 18.1 Å². The molecule has 94 valence electrons. The van der Waals surface area contributed by atoms with Gasteiger partial charge in [-0.15, -0.1) is 0 Å². The Morgan fingerprint density at radius 2 is 2.17 bits per heavy atom. The molecule has 3 rings (SSSR count). The molecular weight excluding hydrogens is 220 g/mol. The van der Waals surface area contributed by atoms with E-state index >= 15 is 0 Å². The van der Waals surface area contributed by atoms with E-state index in [1.54, 1.807) is 0 Å². The van der Waals surface area contributed by atoms with Gasteiger partial charge >= 0.3 is 0 Å². The number of benzene rings is 1. The zero-order valence-electron chi connectivity index (χ0n) is 10.9. The third-order valence-electron chi connectivity index (χ3n) is 3.99. The minimum absolute atomic E-state index is 0.546. The second-order valence-electron chi connectivity index (χ2n) is 5.33. The summed E-state index contributed by atoms with van der Waals surface area (Å²) in [4.78, 5) is 6.97. The van der Waals surface area contributed by atoms with Crippen molar-refractivity contribution in [2.45, 2.75) is 38.1 Å². The molecule has 0 amide bonds. The van der Waals surface area contributed by atoms with Crippen LogP contribution in [0.4, 0.5) is 0 Å². The summed E-state index contributed by atoms with van der Waals surface area (Å²) in [6.45, 7) is 3.36. The van der Waals surface area contributed by atoms with Crippen molar-refractivity contribution in [1.29, 1.82) is 0 Å². The summed E-state index contributed by atoms with van der Waals surface area (Å²) in [5.41, 5.74) is 2.71. The first-order chi connectivity index (χ1) is 8.84. The second-order valence-corrected chi connectivity index (χ2v) is 5.33. The van der Waals surface area contributed by atoms with Crippen molar-refractivity contribution < 1.29 is 0 Å². The maximum atomic E-state index is 4.55. The minimum atomic E-state index is 0.546. The third-order valence-corrected chi connectivity index (χ3v) is 3.99. The van der Waals surface area contributed by atoms with Crippen molar-refractivity contribution in [3.05, 3.63) is 47.7 Å². The molecule has 0 saturated carbocycles. The van der Waals surface area contributed by atoms with E-state index in [-0.39, 0.29) is 0 Å². The first-order valence-corrected chi connectivity index (χ1v) is 6.89. The standard InChI is InChI=1S/C16H20N2/c1-13(14-7-3-2-4-8-14)11-18-12-17-15-9-5-6-10-16(15)18/h2-4,7-9,12-13,16H,5-6,10-11H2,1H3. The molecule has 1 aliphatic carbocycles. The number of aliphatic imine (C=N–C) groups is 1. The molecule has 1 aromatic rings. The van der Waals surface area contributed by atoms with Gasteiger partial charge in [-0.3, -0.25) is 0 Å². The number of nitrogens with zero attached hydrogens (tertiary/aromatic N) is 2. The highest BCUT2D eigenvalue weighted by atomic mass is 15.2. The van der Waals surface area contributed by atoms with Gasteiger partial charge in [0.1, 0.15) is 0 Å². The molecule has 2 aliphatic rings. The predicted octanol–water partition coefficient (Wildman–Crippen LogP) is 3.57. The average Bonchev–Trinajstić information content (AvgIpc) is 2.83. The zero-order valence-corrected chi connectivity index (χ0v) is 10.9. The van der Waals surface area contributed by atoms with Gasteiger partial charge in [-0.2, -0.15) is 0 Å². The molecule has 0 spiro atoms. The van der Waals surface area contributed by atoms with Gasteiger partial charge in [0, 0.05) is 6.54 Å². The first-order valence-electron chi connectivity index (χ1n) is 6.89. The van der Waals surface area contributed by atoms with Gasteiger partial charge in [-0.25, -0.2) is 4.99 Å². The molecule has 1 heterocycles. The van der Waals surface area contributed by atoms with E-state index in [9.17, 15) is 0 Å². The summed E-state index contributed by atoms with van der Waals surface area (Å²) in [6.07, 6.45) is 8.10. The van der Waals surface area contributed by atoms with Crippen molar-refractivity contribution in [2.24, 2.45) is 4.99 Å². The Morgan fingerprint density at radius 3 is 3.00 bits per heavy atom. The molecule has 0 bridgehead atoms. The van der Waals surface area contributed by atoms with Crippen LogP contribution < -0.4 is 0 Å². The van der Waals surface area contributed by atoms with Gasteiger partial charge in [0.25, 0.3) is 0 Å². The van der Waals surface area contributed by atoms with Gasteiger partial charge in [0.2, 0.25) is 0 Å². The maximum absolute atomic E-state index is 4.55. The van der Waals surface area contributed by atoms with Gasteiger partial charge in [-0.05, 0) is 30.7 Å². The van der Waals surface area contributed by atoms with Crippen molar-refractivity contribution in [3.63, 3.8) is 0 Å². The number of hydrogen-bond acceptors (Lipinski definition) is 2. The fourth-order valence-electron chi connectivity index (χ4n) is 2.92. The highest BCUT2D eigenvalue weighted by Crippen LogP contribution is 2.29. The molecule has 0 N–H and O–H groups in total. The van der Waals surface area contributed by atoms with Crippen LogP contribution in [-0.4, -0.2) is 23.8 Å². The number of hydrogen-bond donors (Lipinski definition) is 0. The smallest absolute Gasteiger partial charge is 0.0915 e. The summed E-state index contributed by atoms with van der Waals surface area (Å²) in [6, 6.07) is 11.3. The first kappa shape index (κ1) is 11.5. The molecule has 2 nitrogen and oxygen atoms in total. The number of allylic oxidation sites excluding steroid dienone is 1. The summed E-state index contributed by atoms with van der Waals surface area (Å²) in [7, 11) is 0. The highest BCUT2D eigenvalue weighted by Gasteiger charge is 2.28. The largest absolute Gasteiger partial charge is 0.353 e. The maximum Gasteiger partial charge on any atom is 0.0915 e. The van der Waals surface area contributed by atoms with E-state index in [0.717, 1.165) is 6.54 Å². The topological polar surface area (TPSA) is 15.6 Å². The van der Waals surface area contributed by atoms with Gasteiger partial charge < -0.3 is 4.90 Å². The molecule has 1 aromatic carbocycles. The monoisotopic (exact) mass is 240 g/mol. The SMILES string of the molecule is CC(CN1C=NC2=CCCCC21)c1ccccc1. The van der Waals surface area contributed by atoms with Crippen LogP contribution in [0.3, 0.4) is 0 Å². The molecule has 1 aliphatic heterocycles. The Morgan fingerprint density at radius 1 is 1.33 bits per heavy atom. The molecular formula is C16H20N2. The third kappa shape index (κ3) is 2.20. The Bertz CT molecular complexity index is 461. The number of rotatable bonds is 3. The summed E-state index contributed by atoms with van der Waals surface area (Å²) < 4.78 is 0. The quantitative estimate of drug-likeness (QED) is 0.788. The van der Waals surface area contributed by atoms with E-state index in [1.807, 2.05) is 6.34 Å². The van der Waals surface area contributed by atoms with Crippen LogP contribution >= 0.6 is 0 Å². The molecule has 0 saturated heterocycles. The Balaban J connectivity index is 1.69. The summed E-state index contributed by atoms with van der Waals surface area (Å²) in [5, 5.41) is 0. The fraction of sp³-hybridized carbons (Fsp3) is 0.438. The minimum Gasteiger partial charge on any atom is -0.353 e. The van der Waals surface area contributed by atoms with Gasteiger partial charge in [-0.1, -0.05) is 43.3 Å². The zero-order chi connectivity index (χ0) is 12.4. The lowest BCUT2D eigenvalue weighted by molar-refractivity contribution is 0.327. The van der Waals surface area contributed by atoms with Crippen molar-refractivity contribution in [2.75, 3.05) is 6.54 Å². The van der Waals surface area contributed by atoms with Crippen molar-refractivity contribution in [1.82, 2.24) is 4.90 Å². The average molecular weight is 240 g/mol. The van der Waals surface area contributed by atoms with Gasteiger partial charge in [0.15, 0.2) is 0 Å². The van der Waals surface area contributed by atoms with E-state index < -0.39 is 0 Å². The van der Waals surface area contributed by atoms with E-state index in [1.165, 1.54) is 30.5 Å². The Hall–Kier alpha value is -1.57. The normalized spacial score (nSPS) is 23.7. The molecule has 2 unspecified atom stereocenters.